The van der Waals surface area contributed by atoms with Crippen LogP contribution in [0.15, 0.2) is 27.7 Å². The molecule has 1 N–H and O–H groups in total. The molecular formula is C25H35BrF2N2O5SSi. The predicted molar refractivity (Wildman–Crippen MR) is 147 cm³/mol. The number of carbonyl (C=O) groups excluding carboxylic acids is 1. The quantitative estimate of drug-likeness (QED) is 0.199. The molecule has 37 heavy (non-hydrogen) atoms. The second-order valence-corrected chi connectivity index (χ2v) is 19.8. The minimum Gasteiger partial charge on any atom is -0.480 e. The average Bonchev–Trinajstić information content (AvgIpc) is 3.40. The van der Waals surface area contributed by atoms with Crippen LogP contribution in [-0.2, 0) is 19.8 Å². The Morgan fingerprint density at radius 3 is 2.49 bits per heavy atom. The van der Waals surface area contributed by atoms with Crippen molar-refractivity contribution in [1.29, 1.82) is 0 Å². The molecule has 0 saturated heterocycles. The van der Waals surface area contributed by atoms with Crippen LogP contribution in [0.25, 0.3) is 0 Å². The predicted octanol–water partition coefficient (Wildman–Crippen LogP) is 6.64. The Balaban J connectivity index is 2.13. The van der Waals surface area contributed by atoms with Gasteiger partial charge in [0.05, 0.1) is 0 Å². The maximum Gasteiger partial charge on any atom is 0.418 e. The van der Waals surface area contributed by atoms with Crippen molar-refractivity contribution in [2.45, 2.75) is 75.7 Å². The number of halogens is 3. The molecule has 1 aliphatic heterocycles. The number of ether oxygens (including phenoxy) is 2. The molecule has 0 spiro atoms. The zero-order valence-corrected chi connectivity index (χ0v) is 25.7. The third-order valence-corrected chi connectivity index (χ3v) is 10.6. The molecule has 1 amide bonds. The van der Waals surface area contributed by atoms with Crippen molar-refractivity contribution in [3.63, 3.8) is 0 Å². The summed E-state index contributed by atoms with van der Waals surface area (Å²) in [6.45, 7) is 12.2. The Kier molecular flexibility index (Phi) is 8.31. The Labute approximate surface area is 230 Å². The highest BCUT2D eigenvalue weighted by molar-refractivity contribution is 9.10. The number of hydrogen-bond donors (Lipinski definition) is 1. The van der Waals surface area contributed by atoms with Crippen molar-refractivity contribution in [3.8, 4) is 0 Å². The molecule has 0 unspecified atom stereocenters. The largest absolute Gasteiger partial charge is 0.480 e. The van der Waals surface area contributed by atoms with Gasteiger partial charge in [0.25, 0.3) is 0 Å². The van der Waals surface area contributed by atoms with E-state index in [0.717, 1.165) is 22.7 Å². The Morgan fingerprint density at radius 2 is 1.95 bits per heavy atom. The molecule has 1 aliphatic carbocycles. The standard InChI is InChI=1S/C25H35BrF2N2O5SSi/c1-22(2,3)35-21(33)30(15-34-10-11-37(5,6)7)20-29-24(14-27,17-12-16(26)8-9-18(17)28)23(4)13-25(23,36-20)19(31)32/h8-9,12H,10-11,13-15H2,1-7H3,(H,31,32)/t23-,24-,25+/m0/s1. The molecule has 1 aromatic carbocycles. The van der Waals surface area contributed by atoms with Crippen molar-refractivity contribution in [1.82, 2.24) is 4.90 Å². The summed E-state index contributed by atoms with van der Waals surface area (Å²) in [6, 6.07) is 4.92. The van der Waals surface area contributed by atoms with Crippen LogP contribution in [0.1, 0.15) is 39.7 Å². The highest BCUT2D eigenvalue weighted by Crippen LogP contribution is 2.75. The zero-order chi connectivity index (χ0) is 28.0. The maximum absolute atomic E-state index is 15.2. The van der Waals surface area contributed by atoms with Crippen LogP contribution >= 0.6 is 27.7 Å². The van der Waals surface area contributed by atoms with Gasteiger partial charge in [0.2, 0.25) is 0 Å². The number of carbonyl (C=O) groups is 2. The lowest BCUT2D eigenvalue weighted by Crippen LogP contribution is -2.51. The Morgan fingerprint density at radius 1 is 1.30 bits per heavy atom. The zero-order valence-electron chi connectivity index (χ0n) is 22.3. The van der Waals surface area contributed by atoms with Crippen molar-refractivity contribution < 1.29 is 33.0 Å². The lowest BCUT2D eigenvalue weighted by Gasteiger charge is -2.42. The van der Waals surface area contributed by atoms with Crippen LogP contribution in [-0.4, -0.2) is 65.7 Å². The lowest BCUT2D eigenvalue weighted by molar-refractivity contribution is -0.138. The number of thioether (sulfide) groups is 1. The molecule has 0 radical (unpaired) electrons. The molecule has 0 bridgehead atoms. The van der Waals surface area contributed by atoms with Crippen LogP contribution in [0.3, 0.4) is 0 Å². The summed E-state index contributed by atoms with van der Waals surface area (Å²) in [6.07, 6.45) is -0.763. The first-order valence-corrected chi connectivity index (χ1v) is 17.4. The molecule has 12 heteroatoms. The van der Waals surface area contributed by atoms with Gasteiger partial charge < -0.3 is 14.6 Å². The van der Waals surface area contributed by atoms with Crippen LogP contribution in [0.4, 0.5) is 13.6 Å². The normalized spacial score (nSPS) is 27.2. The van der Waals surface area contributed by atoms with Gasteiger partial charge in [-0.3, -0.25) is 4.79 Å². The maximum atomic E-state index is 15.2. The van der Waals surface area contributed by atoms with E-state index in [2.05, 4.69) is 40.6 Å². The number of amides is 1. The van der Waals surface area contributed by atoms with E-state index in [9.17, 15) is 14.7 Å². The number of nitrogens with zero attached hydrogens (tertiary/aromatic N) is 2. The van der Waals surface area contributed by atoms with E-state index in [1.54, 1.807) is 27.7 Å². The van der Waals surface area contributed by atoms with Gasteiger partial charge in [-0.1, -0.05) is 54.3 Å². The van der Waals surface area contributed by atoms with Crippen molar-refractivity contribution in [2.24, 2.45) is 10.4 Å². The molecule has 1 aromatic rings. The van der Waals surface area contributed by atoms with Gasteiger partial charge in [-0.25, -0.2) is 23.5 Å². The molecular weight excluding hydrogens is 586 g/mol. The second kappa shape index (κ2) is 10.2. The summed E-state index contributed by atoms with van der Waals surface area (Å²) >= 11 is 4.17. The van der Waals surface area contributed by atoms with E-state index in [1.165, 1.54) is 18.2 Å². The topological polar surface area (TPSA) is 88.4 Å². The molecule has 1 fully saturated rings. The number of aliphatic carboxylic acids is 1. The average molecular weight is 622 g/mol. The number of hydrogen-bond acceptors (Lipinski definition) is 6. The summed E-state index contributed by atoms with van der Waals surface area (Å²) in [5.74, 6) is -1.89. The fourth-order valence-corrected chi connectivity index (χ4v) is 7.19. The van der Waals surface area contributed by atoms with Gasteiger partial charge in [0.15, 0.2) is 5.17 Å². The summed E-state index contributed by atoms with van der Waals surface area (Å²) in [4.78, 5) is 31.6. The van der Waals surface area contributed by atoms with Crippen molar-refractivity contribution in [2.75, 3.05) is 20.0 Å². The molecule has 206 valence electrons. The second-order valence-electron chi connectivity index (χ2n) is 12.0. The van der Waals surface area contributed by atoms with E-state index >= 15 is 8.78 Å². The van der Waals surface area contributed by atoms with E-state index < -0.39 is 53.9 Å². The SMILES string of the molecule is CC(C)(C)OC(=O)N(COCC[Si](C)(C)C)C1=N[C@@](CF)(c2cc(Br)ccc2F)[C@]2(C)C[C@]2(C(=O)O)S1. The van der Waals surface area contributed by atoms with Crippen molar-refractivity contribution >= 4 is 53.0 Å². The van der Waals surface area contributed by atoms with Crippen LogP contribution in [0.5, 0.6) is 0 Å². The number of fused-ring (bicyclic) bond motifs is 1. The minimum absolute atomic E-state index is 0.0432. The van der Waals surface area contributed by atoms with Crippen molar-refractivity contribution in [3.05, 3.63) is 34.1 Å². The number of amidine groups is 1. The van der Waals surface area contributed by atoms with Gasteiger partial charge in [0.1, 0.15) is 35.1 Å². The number of alkyl halides is 1. The molecule has 7 nitrogen and oxygen atoms in total. The smallest absolute Gasteiger partial charge is 0.418 e. The first-order valence-electron chi connectivity index (χ1n) is 12.0. The van der Waals surface area contributed by atoms with Crippen LogP contribution in [0.2, 0.25) is 25.7 Å². The first kappa shape index (κ1) is 30.0. The van der Waals surface area contributed by atoms with E-state index in [1.807, 2.05) is 0 Å². The van der Waals surface area contributed by atoms with E-state index in [0.29, 0.717) is 11.1 Å². The first-order chi connectivity index (χ1) is 16.9. The molecule has 2 aliphatic rings. The number of benzene rings is 1. The van der Waals surface area contributed by atoms with Gasteiger partial charge in [-0.05, 0) is 51.4 Å². The molecule has 1 saturated carbocycles. The van der Waals surface area contributed by atoms with E-state index in [4.69, 9.17) is 9.47 Å². The summed E-state index contributed by atoms with van der Waals surface area (Å²) in [5.41, 5.74) is -4.05. The summed E-state index contributed by atoms with van der Waals surface area (Å²) < 4.78 is 40.8. The van der Waals surface area contributed by atoms with Crippen LogP contribution < -0.4 is 0 Å². The third-order valence-electron chi connectivity index (χ3n) is 6.81. The highest BCUT2D eigenvalue weighted by Gasteiger charge is 2.81. The molecule has 3 atom stereocenters. The minimum atomic E-state index is -1.88. The van der Waals surface area contributed by atoms with Gasteiger partial charge in [-0.2, -0.15) is 0 Å². The Bertz CT molecular complexity index is 1110. The number of rotatable bonds is 8. The fraction of sp³-hybridized carbons (Fsp3) is 0.640. The highest BCUT2D eigenvalue weighted by atomic mass is 79.9. The van der Waals surface area contributed by atoms with Crippen LogP contribution in [0, 0.1) is 11.2 Å². The summed E-state index contributed by atoms with van der Waals surface area (Å²) in [5, 5.41) is 10.2. The third kappa shape index (κ3) is 5.76. The fourth-order valence-electron chi connectivity index (χ4n) is 4.48. The summed E-state index contributed by atoms with van der Waals surface area (Å²) in [7, 11) is -1.43. The van der Waals surface area contributed by atoms with E-state index in [-0.39, 0.29) is 23.9 Å². The monoisotopic (exact) mass is 620 g/mol. The molecule has 3 rings (SSSR count). The number of aliphatic imine (C=N–C) groups is 1. The number of carboxylic acid groups (broad SMARTS) is 1. The lowest BCUT2D eigenvalue weighted by atomic mass is 9.75. The molecule has 1 heterocycles. The molecule has 0 aromatic heterocycles. The number of carboxylic acids is 1. The van der Waals surface area contributed by atoms with Gasteiger partial charge in [0, 0.05) is 30.1 Å². The van der Waals surface area contributed by atoms with Gasteiger partial charge in [-0.15, -0.1) is 0 Å². The van der Waals surface area contributed by atoms with Gasteiger partial charge >= 0.3 is 12.1 Å². The Hall–Kier alpha value is -1.50.